The second kappa shape index (κ2) is 7.50. The number of amidine groups is 2. The van der Waals surface area contributed by atoms with Crippen molar-refractivity contribution < 1.29 is 14.3 Å². The lowest BCUT2D eigenvalue weighted by molar-refractivity contribution is -0.114. The topological polar surface area (TPSA) is 82.8 Å². The van der Waals surface area contributed by atoms with E-state index in [1.165, 1.54) is 23.1 Å². The van der Waals surface area contributed by atoms with Crippen LogP contribution in [0.15, 0.2) is 61.9 Å². The molecule has 0 spiro atoms. The number of fused-ring (bicyclic) bond motifs is 1. The van der Waals surface area contributed by atoms with Gasteiger partial charge < -0.3 is 4.74 Å². The number of hydrogen-bond acceptors (Lipinski definition) is 6. The Bertz CT molecular complexity index is 1100. The van der Waals surface area contributed by atoms with Gasteiger partial charge >= 0.3 is 5.97 Å². The lowest BCUT2D eigenvalue weighted by atomic mass is 10.1. The van der Waals surface area contributed by atoms with Gasteiger partial charge in [0.25, 0.3) is 5.91 Å². The van der Waals surface area contributed by atoms with Gasteiger partial charge in [0.1, 0.15) is 16.5 Å². The van der Waals surface area contributed by atoms with E-state index in [1.54, 1.807) is 52.9 Å². The lowest BCUT2D eigenvalue weighted by Gasteiger charge is -2.22. The summed E-state index contributed by atoms with van der Waals surface area (Å²) >= 11 is 6.07. The summed E-state index contributed by atoms with van der Waals surface area (Å²) < 4.78 is 5.97. The third-order valence-corrected chi connectivity index (χ3v) is 6.25. The van der Waals surface area contributed by atoms with Crippen LogP contribution in [0.5, 0.6) is 5.75 Å². The summed E-state index contributed by atoms with van der Waals surface area (Å²) in [6.07, 6.45) is 3.39. The highest BCUT2D eigenvalue weighted by Crippen LogP contribution is 2.33. The Morgan fingerprint density at radius 3 is 2.89 bits per heavy atom. The maximum absolute atomic E-state index is 12.3. The minimum atomic E-state index is -0.448. The monoisotopic (exact) mass is 473 g/mol. The highest BCUT2D eigenvalue weighted by Gasteiger charge is 2.32. The fraction of sp³-hybridized carbons (Fsp3) is 0.0526. The normalized spacial score (nSPS) is 17.5. The Morgan fingerprint density at radius 2 is 2.18 bits per heavy atom. The van der Waals surface area contributed by atoms with Gasteiger partial charge in [0, 0.05) is 11.1 Å². The van der Waals surface area contributed by atoms with Crippen LogP contribution in [-0.2, 0) is 4.79 Å². The van der Waals surface area contributed by atoms with Crippen molar-refractivity contribution in [3.05, 3.63) is 67.3 Å². The van der Waals surface area contributed by atoms with Gasteiger partial charge in [-0.15, -0.1) is 11.3 Å². The van der Waals surface area contributed by atoms with Crippen LogP contribution >= 0.6 is 39.0 Å². The number of nitrogens with one attached hydrogen (secondary N) is 1. The van der Waals surface area contributed by atoms with E-state index >= 15 is 0 Å². The molecule has 2 aliphatic rings. The van der Waals surface area contributed by atoms with Crippen LogP contribution in [0.3, 0.4) is 0 Å². The summed E-state index contributed by atoms with van der Waals surface area (Å²) in [6, 6.07) is 8.56. The van der Waals surface area contributed by atoms with E-state index in [0.29, 0.717) is 25.8 Å². The maximum atomic E-state index is 12.3. The average molecular weight is 474 g/mol. The van der Waals surface area contributed by atoms with E-state index in [9.17, 15) is 9.59 Å². The number of ether oxygens (including phenoxy) is 1. The second-order valence-corrected chi connectivity index (χ2v) is 8.89. The molecule has 0 saturated carbocycles. The molecule has 3 heterocycles. The molecular weight excluding hydrogens is 462 g/mol. The van der Waals surface area contributed by atoms with Crippen LogP contribution < -0.4 is 4.74 Å². The van der Waals surface area contributed by atoms with E-state index in [-0.39, 0.29) is 11.4 Å². The molecule has 1 aromatic heterocycles. The number of thioether (sulfide) groups is 1. The van der Waals surface area contributed by atoms with Gasteiger partial charge in [-0.2, -0.15) is 4.99 Å². The molecule has 2 aliphatic heterocycles. The third kappa shape index (κ3) is 3.60. The van der Waals surface area contributed by atoms with Crippen molar-refractivity contribution >= 4 is 68.0 Å². The molecule has 1 aromatic carbocycles. The Morgan fingerprint density at radius 1 is 1.36 bits per heavy atom. The van der Waals surface area contributed by atoms with Crippen molar-refractivity contribution in [1.29, 1.82) is 5.41 Å². The number of benzene rings is 1. The van der Waals surface area contributed by atoms with Gasteiger partial charge in [0.2, 0.25) is 0 Å². The van der Waals surface area contributed by atoms with Gasteiger partial charge in [0.15, 0.2) is 5.17 Å². The molecule has 0 radical (unpaired) electrons. The molecule has 0 atom stereocenters. The molecule has 6 nitrogen and oxygen atoms in total. The van der Waals surface area contributed by atoms with Crippen molar-refractivity contribution in [3.63, 3.8) is 0 Å². The Labute approximate surface area is 177 Å². The molecule has 1 N–H and O–H groups in total. The van der Waals surface area contributed by atoms with E-state index in [4.69, 9.17) is 10.1 Å². The standard InChI is InChI=1S/C19H12BrN3O3S2/c1-10-9-23-16(21)12(17(24)22-19(23)28-10)7-11-4-5-14(13(20)8-11)26-18(25)15-3-2-6-27-15/h2-9,21H,1H3/b12-7-,21-16?. The predicted octanol–water partition coefficient (Wildman–Crippen LogP) is 4.90. The number of allylic oxidation sites excluding steroid dienone is 1. The SMILES string of the molecule is CC1=CN2C(=N)/C(=C/c3ccc(OC(=O)c4cccs4)c(Br)c3)C(=O)N=C2S1. The van der Waals surface area contributed by atoms with Crippen LogP contribution in [0.2, 0.25) is 0 Å². The fourth-order valence-corrected chi connectivity index (χ4v) is 4.50. The first kappa shape index (κ1) is 18.9. The van der Waals surface area contributed by atoms with Crippen LogP contribution in [0, 0.1) is 5.41 Å². The number of aliphatic imine (C=N–C) groups is 1. The molecule has 2 aromatic rings. The second-order valence-electron chi connectivity index (χ2n) is 5.87. The number of nitrogens with zero attached hydrogens (tertiary/aromatic N) is 2. The van der Waals surface area contributed by atoms with E-state index in [1.807, 2.05) is 6.92 Å². The molecular formula is C19H12BrN3O3S2. The highest BCUT2D eigenvalue weighted by molar-refractivity contribution is 9.10. The van der Waals surface area contributed by atoms with Gasteiger partial charge in [-0.05, 0) is 58.1 Å². The number of amides is 1. The van der Waals surface area contributed by atoms with Crippen molar-refractivity contribution in [2.75, 3.05) is 0 Å². The molecule has 0 saturated heterocycles. The number of hydrogen-bond donors (Lipinski definition) is 1. The molecule has 140 valence electrons. The number of carbonyl (C=O) groups excluding carboxylic acids is 2. The number of thiophene rings is 1. The molecule has 28 heavy (non-hydrogen) atoms. The molecule has 1 amide bonds. The molecule has 0 fully saturated rings. The van der Waals surface area contributed by atoms with Gasteiger partial charge in [-0.1, -0.05) is 23.9 Å². The number of rotatable bonds is 3. The maximum Gasteiger partial charge on any atom is 0.353 e. The first-order valence-corrected chi connectivity index (χ1v) is 10.6. The fourth-order valence-electron chi connectivity index (χ4n) is 2.60. The summed E-state index contributed by atoms with van der Waals surface area (Å²) in [4.78, 5) is 31.6. The first-order valence-electron chi connectivity index (χ1n) is 8.07. The third-order valence-electron chi connectivity index (χ3n) is 3.88. The average Bonchev–Trinajstić information content (AvgIpc) is 3.30. The largest absolute Gasteiger partial charge is 0.421 e. The molecule has 4 rings (SSSR count). The Kier molecular flexibility index (Phi) is 5.05. The number of halogens is 1. The number of carbonyl (C=O) groups is 2. The molecule has 0 unspecified atom stereocenters. The van der Waals surface area contributed by atoms with Crippen molar-refractivity contribution in [2.45, 2.75) is 6.92 Å². The van der Waals surface area contributed by atoms with Gasteiger partial charge in [0.05, 0.1) is 10.0 Å². The zero-order valence-corrected chi connectivity index (χ0v) is 17.7. The summed E-state index contributed by atoms with van der Waals surface area (Å²) in [5, 5.41) is 10.6. The van der Waals surface area contributed by atoms with Crippen molar-refractivity contribution in [3.8, 4) is 5.75 Å². The number of esters is 1. The first-order chi connectivity index (χ1) is 13.4. The highest BCUT2D eigenvalue weighted by atomic mass is 79.9. The van der Waals surface area contributed by atoms with Crippen molar-refractivity contribution in [2.24, 2.45) is 4.99 Å². The molecule has 0 aliphatic carbocycles. The quantitative estimate of drug-likeness (QED) is 0.389. The minimum absolute atomic E-state index is 0.0867. The zero-order valence-electron chi connectivity index (χ0n) is 14.4. The predicted molar refractivity (Wildman–Crippen MR) is 115 cm³/mol. The summed E-state index contributed by atoms with van der Waals surface area (Å²) in [5.74, 6) is -0.415. The molecule has 9 heteroatoms. The smallest absolute Gasteiger partial charge is 0.353 e. The van der Waals surface area contributed by atoms with E-state index in [2.05, 4.69) is 20.9 Å². The Hall–Kier alpha value is -2.49. The minimum Gasteiger partial charge on any atom is -0.421 e. The summed E-state index contributed by atoms with van der Waals surface area (Å²) in [7, 11) is 0. The van der Waals surface area contributed by atoms with Crippen molar-refractivity contribution in [1.82, 2.24) is 4.90 Å². The van der Waals surface area contributed by atoms with Gasteiger partial charge in [-0.3, -0.25) is 15.1 Å². The lowest BCUT2D eigenvalue weighted by Crippen LogP contribution is -2.35. The van der Waals surface area contributed by atoms with Crippen LogP contribution in [0.1, 0.15) is 22.2 Å². The van der Waals surface area contributed by atoms with Crippen LogP contribution in [-0.4, -0.2) is 27.8 Å². The molecule has 0 bridgehead atoms. The van der Waals surface area contributed by atoms with Gasteiger partial charge in [-0.25, -0.2) is 4.79 Å². The Balaban J connectivity index is 1.59. The van der Waals surface area contributed by atoms with E-state index in [0.717, 1.165) is 4.91 Å². The van der Waals surface area contributed by atoms with Crippen LogP contribution in [0.25, 0.3) is 6.08 Å². The van der Waals surface area contributed by atoms with E-state index < -0.39 is 11.9 Å². The summed E-state index contributed by atoms with van der Waals surface area (Å²) in [5.41, 5.74) is 0.882. The van der Waals surface area contributed by atoms with Crippen LogP contribution in [0.4, 0.5) is 0 Å². The zero-order chi connectivity index (χ0) is 19.8. The summed E-state index contributed by atoms with van der Waals surface area (Å²) in [6.45, 7) is 1.90.